The van der Waals surface area contributed by atoms with E-state index >= 15 is 0 Å². The van der Waals surface area contributed by atoms with Gasteiger partial charge < -0.3 is 0 Å². The number of allylic oxidation sites excluding steroid dienone is 6. The average molecular weight is 613 g/mol. The average Bonchev–Trinajstić information content (AvgIpc) is 3.54. The van der Waals surface area contributed by atoms with Crippen LogP contribution in [0.15, 0.2) is 59.7 Å². The zero-order chi connectivity index (χ0) is 34.2. The lowest BCUT2D eigenvalue weighted by atomic mass is 9.89. The number of nitrogens with zero attached hydrogens (tertiary/aromatic N) is 8. The fourth-order valence-corrected chi connectivity index (χ4v) is 5.73. The van der Waals surface area contributed by atoms with E-state index in [1.807, 2.05) is 12.1 Å². The lowest BCUT2D eigenvalue weighted by Gasteiger charge is -2.15. The lowest BCUT2D eigenvalue weighted by Crippen LogP contribution is -2.13. The highest BCUT2D eigenvalue weighted by Crippen LogP contribution is 2.55. The first-order valence-corrected chi connectivity index (χ1v) is 13.1. The van der Waals surface area contributed by atoms with Crippen molar-refractivity contribution in [2.75, 3.05) is 0 Å². The van der Waals surface area contributed by atoms with Crippen LogP contribution in [-0.2, 0) is 0 Å². The molecule has 0 spiro atoms. The van der Waals surface area contributed by atoms with Gasteiger partial charge in [0.05, 0.1) is 55.1 Å². The fraction of sp³-hybridized carbons (Fsp3) is 0.0556. The van der Waals surface area contributed by atoms with Gasteiger partial charge in [0.1, 0.15) is 12.1 Å². The lowest BCUT2D eigenvalue weighted by molar-refractivity contribution is -0.0862. The first kappa shape index (κ1) is 30.8. The van der Waals surface area contributed by atoms with Crippen LogP contribution in [0.2, 0.25) is 0 Å². The minimum absolute atomic E-state index is 0.0133. The van der Waals surface area contributed by atoms with Crippen LogP contribution in [0, 0.1) is 71.6 Å². The summed E-state index contributed by atoms with van der Waals surface area (Å²) >= 11 is 0. The molecular formula is C36H11F3N8. The van der Waals surface area contributed by atoms with Crippen molar-refractivity contribution in [1.29, 1.82) is 21.0 Å². The van der Waals surface area contributed by atoms with Crippen LogP contribution in [0.3, 0.4) is 0 Å². The molecule has 0 bridgehead atoms. The second kappa shape index (κ2) is 11.4. The van der Waals surface area contributed by atoms with E-state index in [9.17, 15) is 34.2 Å². The summed E-state index contributed by atoms with van der Waals surface area (Å²) in [6, 6.07) is 17.4. The van der Waals surface area contributed by atoms with E-state index in [2.05, 4.69) is 19.4 Å². The molecule has 216 valence electrons. The van der Waals surface area contributed by atoms with Crippen LogP contribution in [0.25, 0.3) is 53.1 Å². The molecule has 2 aliphatic carbocycles. The van der Waals surface area contributed by atoms with Crippen molar-refractivity contribution in [1.82, 2.24) is 0 Å². The third kappa shape index (κ3) is 4.83. The number of hydrogen-bond acceptors (Lipinski definition) is 4. The van der Waals surface area contributed by atoms with E-state index in [0.717, 1.165) is 0 Å². The molecule has 0 aliphatic heterocycles. The van der Waals surface area contributed by atoms with E-state index in [0.29, 0.717) is 5.57 Å². The van der Waals surface area contributed by atoms with E-state index in [1.165, 1.54) is 48.5 Å². The Kier molecular flexibility index (Phi) is 7.49. The summed E-state index contributed by atoms with van der Waals surface area (Å²) in [4.78, 5) is 13.9. The third-order valence-corrected chi connectivity index (χ3v) is 7.58. The summed E-state index contributed by atoms with van der Waals surface area (Å²) in [5.74, 6) is 0. The van der Waals surface area contributed by atoms with Crippen LogP contribution in [-0.4, -0.2) is 6.18 Å². The maximum Gasteiger partial charge on any atom is 0.418 e. The molecule has 0 heterocycles. The van der Waals surface area contributed by atoms with Crippen molar-refractivity contribution >= 4 is 45.1 Å². The first-order chi connectivity index (χ1) is 22.5. The number of rotatable bonds is 2. The van der Waals surface area contributed by atoms with E-state index in [-0.39, 0.29) is 72.8 Å². The Morgan fingerprint density at radius 2 is 1.21 bits per heavy atom. The molecule has 0 aromatic heterocycles. The van der Waals surface area contributed by atoms with Gasteiger partial charge in [0.15, 0.2) is 22.8 Å². The number of nitriles is 4. The van der Waals surface area contributed by atoms with Gasteiger partial charge in [0.25, 0.3) is 0 Å². The summed E-state index contributed by atoms with van der Waals surface area (Å²) in [7, 11) is 0. The topological polar surface area (TPSA) is 113 Å². The van der Waals surface area contributed by atoms with Gasteiger partial charge in [-0.15, -0.1) is 0 Å². The second-order valence-corrected chi connectivity index (χ2v) is 10.1. The van der Waals surface area contributed by atoms with E-state index in [1.54, 1.807) is 19.1 Å². The number of halogens is 3. The molecule has 5 rings (SSSR count). The van der Waals surface area contributed by atoms with Crippen LogP contribution in [0.1, 0.15) is 51.4 Å². The maximum absolute atomic E-state index is 14.8. The highest BCUT2D eigenvalue weighted by atomic mass is 19.4. The molecule has 0 unspecified atom stereocenters. The number of hydrogen-bond donors (Lipinski definition) is 0. The predicted octanol–water partition coefficient (Wildman–Crippen LogP) is 9.27. The summed E-state index contributed by atoms with van der Waals surface area (Å²) in [6.45, 7) is 32.2. The predicted molar refractivity (Wildman–Crippen MR) is 165 cm³/mol. The Hall–Kier alpha value is -7.67. The molecule has 3 aromatic carbocycles. The molecule has 0 fully saturated rings. The SMILES string of the molecule is [C-]#[N+]C1=C(C)/C(=C(\[N+]#[C-])c2cc(C#N)cc([N+]#[C-])c2)c2cc3c(cc21)/C(=C(/C#N)c1cc(C#N)cc([N+]#[C-])c1)C(C(F)(F)F)=C3C#N. The monoisotopic (exact) mass is 612 g/mol. The molecule has 2 aliphatic rings. The molecule has 0 saturated carbocycles. The molecule has 0 radical (unpaired) electrons. The Balaban J connectivity index is 1.95. The van der Waals surface area contributed by atoms with Gasteiger partial charge in [0, 0.05) is 22.3 Å². The normalized spacial score (nSPS) is 15.0. The van der Waals surface area contributed by atoms with Gasteiger partial charge in [0.2, 0.25) is 0 Å². The molecule has 0 atom stereocenters. The minimum Gasteiger partial charge on any atom is -0.238 e. The minimum atomic E-state index is -5.13. The third-order valence-electron chi connectivity index (χ3n) is 7.58. The molecule has 3 aromatic rings. The summed E-state index contributed by atoms with van der Waals surface area (Å²) in [6.07, 6.45) is -5.13. The van der Waals surface area contributed by atoms with Crippen molar-refractivity contribution in [3.63, 3.8) is 0 Å². The molecule has 47 heavy (non-hydrogen) atoms. The maximum atomic E-state index is 14.8. The van der Waals surface area contributed by atoms with Crippen LogP contribution in [0.4, 0.5) is 24.5 Å². The van der Waals surface area contributed by atoms with Crippen molar-refractivity contribution in [3.8, 4) is 24.3 Å². The summed E-state index contributed by atoms with van der Waals surface area (Å²) in [5.41, 5.74) is -2.90. The first-order valence-electron chi connectivity index (χ1n) is 13.1. The Labute approximate surface area is 266 Å². The number of fused-ring (bicyclic) bond motifs is 2. The van der Waals surface area contributed by atoms with Crippen LogP contribution >= 0.6 is 0 Å². The fourth-order valence-electron chi connectivity index (χ4n) is 5.73. The molecule has 0 saturated heterocycles. The Morgan fingerprint density at radius 3 is 1.70 bits per heavy atom. The highest BCUT2D eigenvalue weighted by Gasteiger charge is 2.46. The van der Waals surface area contributed by atoms with E-state index in [4.69, 9.17) is 26.3 Å². The van der Waals surface area contributed by atoms with Gasteiger partial charge in [-0.1, -0.05) is 25.1 Å². The Bertz CT molecular complexity index is 2420. The van der Waals surface area contributed by atoms with Crippen molar-refractivity contribution < 1.29 is 13.2 Å². The van der Waals surface area contributed by atoms with Gasteiger partial charge >= 0.3 is 6.18 Å². The number of benzene rings is 3. The quantitative estimate of drug-likeness (QED) is 0.212. The smallest absolute Gasteiger partial charge is 0.238 e. The number of alkyl halides is 3. The Morgan fingerprint density at radius 1 is 0.660 bits per heavy atom. The standard InChI is InChI=1S/C36H11F3N8/c1-18-31(35(47-5)22-7-20(15-41)9-24(11-22)45-3)27-12-25-26(13-28(27)34(18)46-4)32(33(30(25)17-43)36(37,38)39)29(16-42)21-6-19(14-40)8-23(10-21)44-2/h6-13H,1H3/b32-29+,35-31+. The van der Waals surface area contributed by atoms with Crippen LogP contribution < -0.4 is 0 Å². The molecule has 8 nitrogen and oxygen atoms in total. The van der Waals surface area contributed by atoms with Crippen molar-refractivity contribution in [2.24, 2.45) is 0 Å². The van der Waals surface area contributed by atoms with Crippen molar-refractivity contribution in [3.05, 3.63) is 150 Å². The van der Waals surface area contributed by atoms with Gasteiger partial charge in [-0.3, -0.25) is 0 Å². The molecule has 11 heteroatoms. The molecule has 0 amide bonds. The second-order valence-electron chi connectivity index (χ2n) is 10.1. The summed E-state index contributed by atoms with van der Waals surface area (Å²) in [5, 5.41) is 39.3. The molecule has 0 N–H and O–H groups in total. The van der Waals surface area contributed by atoms with Crippen LogP contribution in [0.5, 0.6) is 0 Å². The summed E-state index contributed by atoms with van der Waals surface area (Å²) < 4.78 is 44.5. The zero-order valence-electron chi connectivity index (χ0n) is 23.8. The van der Waals surface area contributed by atoms with Gasteiger partial charge in [-0.25, -0.2) is 19.4 Å². The van der Waals surface area contributed by atoms with Crippen molar-refractivity contribution in [2.45, 2.75) is 13.1 Å². The largest absolute Gasteiger partial charge is 0.418 e. The van der Waals surface area contributed by atoms with Gasteiger partial charge in [-0.05, 0) is 69.3 Å². The molecular weight excluding hydrogens is 601 g/mol. The zero-order valence-corrected chi connectivity index (χ0v) is 23.8. The van der Waals surface area contributed by atoms with E-state index < -0.39 is 28.5 Å². The van der Waals surface area contributed by atoms with Gasteiger partial charge in [-0.2, -0.15) is 34.2 Å². The highest BCUT2D eigenvalue weighted by molar-refractivity contribution is 6.18.